The third kappa shape index (κ3) is 2.11. The topological polar surface area (TPSA) is 20.2 Å². The Bertz CT molecular complexity index is 471. The standard InChI is InChI=1S/C13H14OS/c1-9-3-4-11(7-10(9)2)13-6-5-12(8-14)15-13/h3-7,14H,8H2,1-2H3. The molecule has 1 heterocycles. The van der Waals surface area contributed by atoms with Crippen LogP contribution in [0.15, 0.2) is 30.3 Å². The molecule has 15 heavy (non-hydrogen) atoms. The number of thiophene rings is 1. The van der Waals surface area contributed by atoms with Crippen LogP contribution in [0, 0.1) is 13.8 Å². The number of hydrogen-bond acceptors (Lipinski definition) is 2. The Morgan fingerprint density at radius 3 is 2.47 bits per heavy atom. The van der Waals surface area contributed by atoms with Crippen molar-refractivity contribution in [2.75, 3.05) is 0 Å². The van der Waals surface area contributed by atoms with Crippen molar-refractivity contribution in [3.05, 3.63) is 46.3 Å². The van der Waals surface area contributed by atoms with E-state index in [1.807, 2.05) is 6.07 Å². The molecule has 0 amide bonds. The molecule has 1 aromatic heterocycles. The van der Waals surface area contributed by atoms with Gasteiger partial charge in [0.15, 0.2) is 0 Å². The Morgan fingerprint density at radius 2 is 1.87 bits per heavy atom. The molecule has 2 heteroatoms. The molecule has 0 aliphatic carbocycles. The fourth-order valence-electron chi connectivity index (χ4n) is 1.51. The van der Waals surface area contributed by atoms with Gasteiger partial charge in [-0.1, -0.05) is 18.2 Å². The highest BCUT2D eigenvalue weighted by atomic mass is 32.1. The van der Waals surface area contributed by atoms with E-state index in [4.69, 9.17) is 5.11 Å². The Hall–Kier alpha value is -1.12. The summed E-state index contributed by atoms with van der Waals surface area (Å²) in [5.41, 5.74) is 3.87. The summed E-state index contributed by atoms with van der Waals surface area (Å²) >= 11 is 1.65. The molecular weight excluding hydrogens is 204 g/mol. The van der Waals surface area contributed by atoms with Crippen molar-refractivity contribution in [2.24, 2.45) is 0 Å². The zero-order chi connectivity index (χ0) is 10.8. The van der Waals surface area contributed by atoms with Gasteiger partial charge in [-0.3, -0.25) is 0 Å². The van der Waals surface area contributed by atoms with Gasteiger partial charge >= 0.3 is 0 Å². The number of aliphatic hydroxyl groups is 1. The van der Waals surface area contributed by atoms with Gasteiger partial charge in [0.05, 0.1) is 6.61 Å². The SMILES string of the molecule is Cc1ccc(-c2ccc(CO)s2)cc1C. The van der Waals surface area contributed by atoms with Crippen LogP contribution in [0.3, 0.4) is 0 Å². The number of hydrogen-bond donors (Lipinski definition) is 1. The minimum atomic E-state index is 0.134. The maximum absolute atomic E-state index is 9.01. The van der Waals surface area contributed by atoms with Crippen LogP contribution in [0.4, 0.5) is 0 Å². The van der Waals surface area contributed by atoms with E-state index in [0.717, 1.165) is 4.88 Å². The smallest absolute Gasteiger partial charge is 0.0774 e. The van der Waals surface area contributed by atoms with Crippen LogP contribution in [0.2, 0.25) is 0 Å². The highest BCUT2D eigenvalue weighted by Gasteiger charge is 2.03. The van der Waals surface area contributed by atoms with Crippen molar-refractivity contribution in [2.45, 2.75) is 20.5 Å². The van der Waals surface area contributed by atoms with Crippen molar-refractivity contribution in [1.29, 1.82) is 0 Å². The Morgan fingerprint density at radius 1 is 1.07 bits per heavy atom. The van der Waals surface area contributed by atoms with Gasteiger partial charge < -0.3 is 5.11 Å². The molecule has 2 rings (SSSR count). The van der Waals surface area contributed by atoms with Crippen molar-refractivity contribution in [1.82, 2.24) is 0 Å². The largest absolute Gasteiger partial charge is 0.391 e. The van der Waals surface area contributed by atoms with Gasteiger partial charge in [-0.15, -0.1) is 11.3 Å². The molecule has 0 radical (unpaired) electrons. The molecule has 0 unspecified atom stereocenters. The maximum Gasteiger partial charge on any atom is 0.0774 e. The van der Waals surface area contributed by atoms with E-state index >= 15 is 0 Å². The fraction of sp³-hybridized carbons (Fsp3) is 0.231. The first kappa shape index (κ1) is 10.4. The van der Waals surface area contributed by atoms with Crippen molar-refractivity contribution < 1.29 is 5.11 Å². The third-order valence-corrected chi connectivity index (χ3v) is 3.73. The molecule has 0 fully saturated rings. The molecule has 0 spiro atoms. The first-order valence-corrected chi connectivity index (χ1v) is 5.79. The zero-order valence-corrected chi connectivity index (χ0v) is 9.77. The van der Waals surface area contributed by atoms with Gasteiger partial charge in [-0.25, -0.2) is 0 Å². The van der Waals surface area contributed by atoms with E-state index in [-0.39, 0.29) is 6.61 Å². The second-order valence-electron chi connectivity index (χ2n) is 3.72. The lowest BCUT2D eigenvalue weighted by Gasteiger charge is -2.02. The summed E-state index contributed by atoms with van der Waals surface area (Å²) in [5, 5.41) is 9.01. The third-order valence-electron chi connectivity index (χ3n) is 2.61. The quantitative estimate of drug-likeness (QED) is 0.817. The minimum Gasteiger partial charge on any atom is -0.391 e. The molecular formula is C13H14OS. The van der Waals surface area contributed by atoms with Crippen LogP contribution >= 0.6 is 11.3 Å². The van der Waals surface area contributed by atoms with E-state index < -0.39 is 0 Å². The van der Waals surface area contributed by atoms with E-state index in [0.29, 0.717) is 0 Å². The van der Waals surface area contributed by atoms with E-state index in [1.165, 1.54) is 21.6 Å². The van der Waals surface area contributed by atoms with Gasteiger partial charge in [0.2, 0.25) is 0 Å². The summed E-state index contributed by atoms with van der Waals surface area (Å²) in [6, 6.07) is 10.5. The zero-order valence-electron chi connectivity index (χ0n) is 8.95. The van der Waals surface area contributed by atoms with Crippen LogP contribution < -0.4 is 0 Å². The van der Waals surface area contributed by atoms with E-state index in [9.17, 15) is 0 Å². The van der Waals surface area contributed by atoms with Crippen molar-refractivity contribution in [3.8, 4) is 10.4 Å². The molecule has 0 saturated carbocycles. The predicted octanol–water partition coefficient (Wildman–Crippen LogP) is 3.52. The van der Waals surface area contributed by atoms with Crippen LogP contribution in [0.1, 0.15) is 16.0 Å². The van der Waals surface area contributed by atoms with E-state index in [1.54, 1.807) is 11.3 Å². The average molecular weight is 218 g/mol. The second-order valence-corrected chi connectivity index (χ2v) is 4.89. The molecule has 78 valence electrons. The van der Waals surface area contributed by atoms with Crippen molar-refractivity contribution in [3.63, 3.8) is 0 Å². The molecule has 2 aromatic rings. The van der Waals surface area contributed by atoms with Gasteiger partial charge in [-0.2, -0.15) is 0 Å². The van der Waals surface area contributed by atoms with Gasteiger partial charge in [0, 0.05) is 9.75 Å². The van der Waals surface area contributed by atoms with Gasteiger partial charge in [0.1, 0.15) is 0 Å². The van der Waals surface area contributed by atoms with Crippen LogP contribution in [-0.2, 0) is 6.61 Å². The lowest BCUT2D eigenvalue weighted by molar-refractivity contribution is 0.285. The number of aliphatic hydroxyl groups excluding tert-OH is 1. The average Bonchev–Trinajstić information content (AvgIpc) is 2.70. The van der Waals surface area contributed by atoms with Gasteiger partial charge in [0.25, 0.3) is 0 Å². The maximum atomic E-state index is 9.01. The first-order valence-electron chi connectivity index (χ1n) is 4.98. The molecule has 1 N–H and O–H groups in total. The minimum absolute atomic E-state index is 0.134. The molecule has 0 atom stereocenters. The molecule has 0 aliphatic heterocycles. The number of benzene rings is 1. The summed E-state index contributed by atoms with van der Waals surface area (Å²) in [6.07, 6.45) is 0. The summed E-state index contributed by atoms with van der Waals surface area (Å²) < 4.78 is 0. The molecule has 0 aliphatic rings. The Balaban J connectivity index is 2.40. The molecule has 0 saturated heterocycles. The fourth-order valence-corrected chi connectivity index (χ4v) is 2.38. The Kier molecular flexibility index (Phi) is 2.89. The van der Waals surface area contributed by atoms with Gasteiger partial charge in [-0.05, 0) is 42.7 Å². The number of aryl methyl sites for hydroxylation is 2. The second kappa shape index (κ2) is 4.17. The monoisotopic (exact) mass is 218 g/mol. The highest BCUT2D eigenvalue weighted by Crippen LogP contribution is 2.29. The predicted molar refractivity (Wildman–Crippen MR) is 65.2 cm³/mol. The van der Waals surface area contributed by atoms with E-state index in [2.05, 4.69) is 38.1 Å². The lowest BCUT2D eigenvalue weighted by Crippen LogP contribution is -1.80. The van der Waals surface area contributed by atoms with Crippen LogP contribution in [0.5, 0.6) is 0 Å². The number of rotatable bonds is 2. The van der Waals surface area contributed by atoms with Crippen molar-refractivity contribution >= 4 is 11.3 Å². The van der Waals surface area contributed by atoms with Crippen LogP contribution in [0.25, 0.3) is 10.4 Å². The summed E-state index contributed by atoms with van der Waals surface area (Å²) in [6.45, 7) is 4.38. The lowest BCUT2D eigenvalue weighted by atomic mass is 10.1. The summed E-state index contributed by atoms with van der Waals surface area (Å²) in [5.74, 6) is 0. The summed E-state index contributed by atoms with van der Waals surface area (Å²) in [4.78, 5) is 2.24. The first-order chi connectivity index (χ1) is 7.20. The summed E-state index contributed by atoms with van der Waals surface area (Å²) in [7, 11) is 0. The molecule has 1 aromatic carbocycles. The normalized spacial score (nSPS) is 10.6. The molecule has 0 bridgehead atoms. The Labute approximate surface area is 94.0 Å². The molecule has 1 nitrogen and oxygen atoms in total. The van der Waals surface area contributed by atoms with Crippen LogP contribution in [-0.4, -0.2) is 5.11 Å². The highest BCUT2D eigenvalue weighted by molar-refractivity contribution is 7.15.